The molecule has 0 aromatic heterocycles. The van der Waals surface area contributed by atoms with Gasteiger partial charge in [-0.05, 0) is 35.3 Å². The largest absolute Gasteiger partial charge is 0.416 e. The smallest absolute Gasteiger partial charge is 0.176 e. The SMILES string of the molecule is FC(F)(F)c1cccc(C2=C3Cc4ccccc4C3N=N2)c1. The van der Waals surface area contributed by atoms with Gasteiger partial charge in [0.1, 0.15) is 6.04 Å². The molecule has 1 aliphatic carbocycles. The molecule has 0 saturated carbocycles. The predicted molar refractivity (Wildman–Crippen MR) is 76.1 cm³/mol. The Labute approximate surface area is 125 Å². The molecule has 0 spiro atoms. The van der Waals surface area contributed by atoms with Gasteiger partial charge in [-0.15, -0.1) is 0 Å². The molecule has 1 atom stereocenters. The van der Waals surface area contributed by atoms with Crippen LogP contribution in [0.2, 0.25) is 0 Å². The van der Waals surface area contributed by atoms with Crippen LogP contribution in [0, 0.1) is 0 Å². The highest BCUT2D eigenvalue weighted by Crippen LogP contribution is 2.47. The summed E-state index contributed by atoms with van der Waals surface area (Å²) < 4.78 is 38.6. The van der Waals surface area contributed by atoms with Crippen molar-refractivity contribution in [3.63, 3.8) is 0 Å². The van der Waals surface area contributed by atoms with E-state index in [4.69, 9.17) is 0 Å². The predicted octanol–water partition coefficient (Wildman–Crippen LogP) is 5.18. The number of rotatable bonds is 1. The highest BCUT2D eigenvalue weighted by molar-refractivity contribution is 5.73. The molecular weight excluding hydrogens is 289 g/mol. The molecule has 4 rings (SSSR count). The van der Waals surface area contributed by atoms with Gasteiger partial charge in [0.15, 0.2) is 0 Å². The third-order valence-electron chi connectivity index (χ3n) is 4.10. The maximum Gasteiger partial charge on any atom is 0.416 e. The van der Waals surface area contributed by atoms with Crippen LogP contribution in [0.4, 0.5) is 13.2 Å². The van der Waals surface area contributed by atoms with Crippen LogP contribution in [0.5, 0.6) is 0 Å². The molecule has 22 heavy (non-hydrogen) atoms. The van der Waals surface area contributed by atoms with Crippen LogP contribution in [0.1, 0.15) is 28.3 Å². The summed E-state index contributed by atoms with van der Waals surface area (Å²) in [6.07, 6.45) is -3.66. The van der Waals surface area contributed by atoms with E-state index >= 15 is 0 Å². The maximum absolute atomic E-state index is 12.9. The molecule has 0 bridgehead atoms. The summed E-state index contributed by atoms with van der Waals surface area (Å²) in [6, 6.07) is 13.1. The van der Waals surface area contributed by atoms with Crippen molar-refractivity contribution >= 4 is 5.70 Å². The Hall–Kier alpha value is -2.43. The van der Waals surface area contributed by atoms with Gasteiger partial charge in [-0.3, -0.25) is 0 Å². The molecule has 1 heterocycles. The molecule has 1 unspecified atom stereocenters. The van der Waals surface area contributed by atoms with Crippen LogP contribution >= 0.6 is 0 Å². The first kappa shape index (κ1) is 13.2. The summed E-state index contributed by atoms with van der Waals surface area (Å²) >= 11 is 0. The number of nitrogens with zero attached hydrogens (tertiary/aromatic N) is 2. The van der Waals surface area contributed by atoms with Gasteiger partial charge in [0.05, 0.1) is 11.3 Å². The van der Waals surface area contributed by atoms with Crippen molar-refractivity contribution in [3.05, 3.63) is 76.4 Å². The number of benzene rings is 2. The molecule has 2 aromatic carbocycles. The van der Waals surface area contributed by atoms with Crippen molar-refractivity contribution in [3.8, 4) is 0 Å². The average Bonchev–Trinajstić information content (AvgIpc) is 3.05. The van der Waals surface area contributed by atoms with E-state index in [1.165, 1.54) is 11.6 Å². The lowest BCUT2D eigenvalue weighted by molar-refractivity contribution is -0.137. The van der Waals surface area contributed by atoms with Crippen molar-refractivity contribution in [1.82, 2.24) is 0 Å². The fourth-order valence-corrected chi connectivity index (χ4v) is 3.06. The van der Waals surface area contributed by atoms with Crippen LogP contribution in [0.15, 0.2) is 64.3 Å². The topological polar surface area (TPSA) is 24.7 Å². The molecule has 2 aliphatic rings. The van der Waals surface area contributed by atoms with Gasteiger partial charge in [0.2, 0.25) is 0 Å². The van der Waals surface area contributed by atoms with Crippen LogP contribution in [0.25, 0.3) is 5.70 Å². The summed E-state index contributed by atoms with van der Waals surface area (Å²) in [5, 5.41) is 8.41. The molecule has 0 saturated heterocycles. The van der Waals surface area contributed by atoms with E-state index < -0.39 is 11.7 Å². The van der Waals surface area contributed by atoms with Gasteiger partial charge in [-0.2, -0.15) is 23.4 Å². The standard InChI is InChI=1S/C17H11F3N2/c18-17(19,20)12-6-3-5-11(8-12)15-14-9-10-4-1-2-7-13(10)16(14)22-21-15/h1-8,16H,9H2. The Bertz CT molecular complexity index is 819. The van der Waals surface area contributed by atoms with Gasteiger partial charge >= 0.3 is 6.18 Å². The minimum Gasteiger partial charge on any atom is -0.176 e. The average molecular weight is 300 g/mol. The molecule has 1 aliphatic heterocycles. The minimum atomic E-state index is -4.35. The highest BCUT2D eigenvalue weighted by atomic mass is 19.4. The molecule has 110 valence electrons. The van der Waals surface area contributed by atoms with Crippen LogP contribution in [0.3, 0.4) is 0 Å². The van der Waals surface area contributed by atoms with Crippen LogP contribution < -0.4 is 0 Å². The lowest BCUT2D eigenvalue weighted by Crippen LogP contribution is -2.05. The number of hydrogen-bond donors (Lipinski definition) is 0. The van der Waals surface area contributed by atoms with Crippen molar-refractivity contribution in [1.29, 1.82) is 0 Å². The number of fused-ring (bicyclic) bond motifs is 3. The first-order valence-electron chi connectivity index (χ1n) is 6.93. The second-order valence-corrected chi connectivity index (χ2v) is 5.45. The number of hydrogen-bond acceptors (Lipinski definition) is 2. The normalized spacial score (nSPS) is 19.5. The molecule has 5 heteroatoms. The zero-order valence-electron chi connectivity index (χ0n) is 11.4. The number of alkyl halides is 3. The maximum atomic E-state index is 12.9. The summed E-state index contributed by atoms with van der Waals surface area (Å²) in [4.78, 5) is 0. The van der Waals surface area contributed by atoms with Crippen molar-refractivity contribution < 1.29 is 13.2 Å². The van der Waals surface area contributed by atoms with Crippen LogP contribution in [-0.4, -0.2) is 0 Å². The van der Waals surface area contributed by atoms with Gasteiger partial charge in [-0.25, -0.2) is 0 Å². The molecule has 0 N–H and O–H groups in total. The van der Waals surface area contributed by atoms with Crippen molar-refractivity contribution in [2.24, 2.45) is 10.2 Å². The van der Waals surface area contributed by atoms with Gasteiger partial charge in [0, 0.05) is 5.56 Å². The third-order valence-corrected chi connectivity index (χ3v) is 4.10. The van der Waals surface area contributed by atoms with Crippen molar-refractivity contribution in [2.75, 3.05) is 0 Å². The Balaban J connectivity index is 1.80. The Morgan fingerprint density at radius 1 is 1.00 bits per heavy atom. The molecular formula is C17H11F3N2. The van der Waals surface area contributed by atoms with Crippen LogP contribution in [-0.2, 0) is 12.6 Å². The molecule has 0 radical (unpaired) electrons. The summed E-state index contributed by atoms with van der Waals surface area (Å²) in [7, 11) is 0. The van der Waals surface area contributed by atoms with E-state index in [1.54, 1.807) is 6.07 Å². The van der Waals surface area contributed by atoms with Crippen molar-refractivity contribution in [2.45, 2.75) is 18.6 Å². The zero-order valence-corrected chi connectivity index (χ0v) is 11.4. The zero-order chi connectivity index (χ0) is 15.3. The van der Waals surface area contributed by atoms with E-state index in [1.807, 2.05) is 24.3 Å². The van der Waals surface area contributed by atoms with E-state index in [-0.39, 0.29) is 6.04 Å². The molecule has 0 amide bonds. The first-order chi connectivity index (χ1) is 10.5. The monoisotopic (exact) mass is 300 g/mol. The summed E-state index contributed by atoms with van der Waals surface area (Å²) in [5.41, 5.74) is 3.65. The lowest BCUT2D eigenvalue weighted by Gasteiger charge is -2.09. The van der Waals surface area contributed by atoms with E-state index in [9.17, 15) is 13.2 Å². The highest BCUT2D eigenvalue weighted by Gasteiger charge is 2.35. The molecule has 2 aromatic rings. The van der Waals surface area contributed by atoms with Gasteiger partial charge < -0.3 is 0 Å². The number of halogens is 3. The van der Waals surface area contributed by atoms with E-state index in [0.717, 1.165) is 23.3 Å². The Morgan fingerprint density at radius 2 is 1.82 bits per heavy atom. The second kappa shape index (κ2) is 4.53. The second-order valence-electron chi connectivity index (χ2n) is 5.45. The Kier molecular flexibility index (Phi) is 2.73. The minimum absolute atomic E-state index is 0.138. The van der Waals surface area contributed by atoms with E-state index in [0.29, 0.717) is 17.7 Å². The first-order valence-corrected chi connectivity index (χ1v) is 6.93. The fraction of sp³-hybridized carbons (Fsp3) is 0.176. The Morgan fingerprint density at radius 3 is 2.64 bits per heavy atom. The van der Waals surface area contributed by atoms with Gasteiger partial charge in [0.25, 0.3) is 0 Å². The van der Waals surface area contributed by atoms with E-state index in [2.05, 4.69) is 10.2 Å². The molecule has 0 fully saturated rings. The summed E-state index contributed by atoms with van der Waals surface area (Å²) in [5.74, 6) is 0. The number of azo groups is 1. The molecule has 2 nitrogen and oxygen atoms in total. The fourth-order valence-electron chi connectivity index (χ4n) is 3.06. The summed E-state index contributed by atoms with van der Waals surface area (Å²) in [6.45, 7) is 0. The third kappa shape index (κ3) is 1.96. The lowest BCUT2D eigenvalue weighted by atomic mass is 10.0. The quantitative estimate of drug-likeness (QED) is 0.693. The van der Waals surface area contributed by atoms with Gasteiger partial charge in [-0.1, -0.05) is 36.4 Å².